The summed E-state index contributed by atoms with van der Waals surface area (Å²) in [5.41, 5.74) is 1.41. The molecule has 1 aliphatic rings. The van der Waals surface area contributed by atoms with Crippen LogP contribution in [-0.4, -0.2) is 49.9 Å². The Balaban J connectivity index is 0.00000124. The fourth-order valence-corrected chi connectivity index (χ4v) is 4.89. The Kier molecular flexibility index (Phi) is 7.38. The second-order valence-electron chi connectivity index (χ2n) is 6.01. The number of thiazole rings is 1. The number of hydrogen-bond acceptors (Lipinski definition) is 7. The first kappa shape index (κ1) is 22.2. The number of aromatic nitrogens is 1. The SMILES string of the molecule is CC.O=C(Nc1nc(-c2ccc(S(=O)(=O)N3CCOCC3)cc2)cs1)c1ccco1. The number of ether oxygens (including phenoxy) is 1. The van der Waals surface area contributed by atoms with Gasteiger partial charge >= 0.3 is 0 Å². The number of hydrogen-bond donors (Lipinski definition) is 1. The number of anilines is 1. The van der Waals surface area contributed by atoms with E-state index >= 15 is 0 Å². The lowest BCUT2D eigenvalue weighted by atomic mass is 10.2. The summed E-state index contributed by atoms with van der Waals surface area (Å²) < 4.78 is 37.0. The fourth-order valence-electron chi connectivity index (χ4n) is 2.76. The molecule has 0 spiro atoms. The minimum Gasteiger partial charge on any atom is -0.459 e. The van der Waals surface area contributed by atoms with Crippen LogP contribution in [0.3, 0.4) is 0 Å². The highest BCUT2D eigenvalue weighted by Gasteiger charge is 2.26. The number of sulfonamides is 1. The molecular formula is C20H23N3O5S2. The molecule has 0 radical (unpaired) electrons. The summed E-state index contributed by atoms with van der Waals surface area (Å²) in [7, 11) is -3.53. The molecule has 2 aromatic heterocycles. The minimum atomic E-state index is -3.53. The summed E-state index contributed by atoms with van der Waals surface area (Å²) in [6.45, 7) is 5.52. The van der Waals surface area contributed by atoms with Crippen molar-refractivity contribution in [3.05, 3.63) is 53.8 Å². The van der Waals surface area contributed by atoms with Gasteiger partial charge in [0.25, 0.3) is 5.91 Å². The second-order valence-corrected chi connectivity index (χ2v) is 8.81. The molecule has 1 fully saturated rings. The van der Waals surface area contributed by atoms with Crippen LogP contribution < -0.4 is 5.32 Å². The van der Waals surface area contributed by atoms with E-state index < -0.39 is 10.0 Å². The van der Waals surface area contributed by atoms with E-state index in [4.69, 9.17) is 9.15 Å². The molecule has 0 saturated carbocycles. The zero-order valence-electron chi connectivity index (χ0n) is 16.7. The van der Waals surface area contributed by atoms with Crippen molar-refractivity contribution in [3.63, 3.8) is 0 Å². The van der Waals surface area contributed by atoms with Gasteiger partial charge in [-0.3, -0.25) is 10.1 Å². The van der Waals surface area contributed by atoms with Crippen molar-refractivity contribution in [1.29, 1.82) is 0 Å². The topological polar surface area (TPSA) is 102 Å². The number of nitrogens with one attached hydrogen (secondary N) is 1. The van der Waals surface area contributed by atoms with Crippen LogP contribution in [-0.2, 0) is 14.8 Å². The van der Waals surface area contributed by atoms with Gasteiger partial charge in [-0.15, -0.1) is 11.3 Å². The van der Waals surface area contributed by atoms with Crippen LogP contribution in [0.25, 0.3) is 11.3 Å². The monoisotopic (exact) mass is 449 g/mol. The number of carbonyl (C=O) groups is 1. The fraction of sp³-hybridized carbons (Fsp3) is 0.300. The molecular weight excluding hydrogens is 426 g/mol. The standard InChI is InChI=1S/C18H17N3O5S2.C2H6/c22-17(16-2-1-9-26-16)20-18-19-15(12-27-18)13-3-5-14(6-4-13)28(23,24)21-7-10-25-11-8-21;1-2/h1-6,9,12H,7-8,10-11H2,(H,19,20,22);1-2H3. The Labute approximate surface area is 179 Å². The van der Waals surface area contributed by atoms with E-state index in [1.54, 1.807) is 41.8 Å². The predicted octanol–water partition coefficient (Wildman–Crippen LogP) is 3.70. The number of nitrogens with zero attached hydrogens (tertiary/aromatic N) is 2. The molecule has 1 aromatic carbocycles. The Morgan fingerprint density at radius 1 is 1.13 bits per heavy atom. The largest absolute Gasteiger partial charge is 0.459 e. The van der Waals surface area contributed by atoms with Crippen molar-refractivity contribution in [2.24, 2.45) is 0 Å². The maximum absolute atomic E-state index is 12.7. The van der Waals surface area contributed by atoms with Crippen LogP contribution in [0.5, 0.6) is 0 Å². The van der Waals surface area contributed by atoms with Crippen molar-refractivity contribution < 1.29 is 22.4 Å². The molecule has 0 bridgehead atoms. The average molecular weight is 450 g/mol. The third kappa shape index (κ3) is 4.96. The zero-order valence-corrected chi connectivity index (χ0v) is 18.3. The van der Waals surface area contributed by atoms with Gasteiger partial charge in [0.15, 0.2) is 10.9 Å². The van der Waals surface area contributed by atoms with Crippen LogP contribution in [0, 0.1) is 0 Å². The number of morpholine rings is 1. The van der Waals surface area contributed by atoms with Gasteiger partial charge in [0.1, 0.15) is 0 Å². The van der Waals surface area contributed by atoms with Gasteiger partial charge in [-0.05, 0) is 24.3 Å². The third-order valence-electron chi connectivity index (χ3n) is 4.23. The number of benzene rings is 1. The van der Waals surface area contributed by atoms with Gasteiger partial charge < -0.3 is 9.15 Å². The molecule has 3 aromatic rings. The number of amides is 1. The first-order valence-electron chi connectivity index (χ1n) is 9.53. The average Bonchev–Trinajstić information content (AvgIpc) is 3.48. The van der Waals surface area contributed by atoms with Crippen LogP contribution in [0.4, 0.5) is 5.13 Å². The summed E-state index contributed by atoms with van der Waals surface area (Å²) in [6, 6.07) is 9.76. The van der Waals surface area contributed by atoms with Gasteiger partial charge in [0, 0.05) is 24.0 Å². The molecule has 30 heavy (non-hydrogen) atoms. The third-order valence-corrected chi connectivity index (χ3v) is 6.90. The lowest BCUT2D eigenvalue weighted by molar-refractivity contribution is 0.0730. The van der Waals surface area contributed by atoms with Gasteiger partial charge in [-0.1, -0.05) is 26.0 Å². The Bertz CT molecular complexity index is 1050. The van der Waals surface area contributed by atoms with E-state index in [9.17, 15) is 13.2 Å². The van der Waals surface area contributed by atoms with Crippen LogP contribution >= 0.6 is 11.3 Å². The molecule has 8 nitrogen and oxygen atoms in total. The summed E-state index contributed by atoms with van der Waals surface area (Å²) in [5, 5.41) is 4.90. The van der Waals surface area contributed by atoms with E-state index in [0.717, 1.165) is 5.56 Å². The molecule has 0 atom stereocenters. The lowest BCUT2D eigenvalue weighted by Crippen LogP contribution is -2.40. The van der Waals surface area contributed by atoms with E-state index in [1.165, 1.54) is 21.9 Å². The Morgan fingerprint density at radius 3 is 2.47 bits per heavy atom. The molecule has 1 amide bonds. The predicted molar refractivity (Wildman–Crippen MR) is 115 cm³/mol. The summed E-state index contributed by atoms with van der Waals surface area (Å²) >= 11 is 1.28. The highest BCUT2D eigenvalue weighted by molar-refractivity contribution is 7.89. The van der Waals surface area contributed by atoms with E-state index in [-0.39, 0.29) is 16.6 Å². The van der Waals surface area contributed by atoms with Crippen LogP contribution in [0.2, 0.25) is 0 Å². The van der Waals surface area contributed by atoms with Gasteiger partial charge in [0.05, 0.1) is 30.1 Å². The van der Waals surface area contributed by atoms with Crippen molar-refractivity contribution in [1.82, 2.24) is 9.29 Å². The maximum Gasteiger partial charge on any atom is 0.293 e. The summed E-state index contributed by atoms with van der Waals surface area (Å²) in [6.07, 6.45) is 1.43. The number of rotatable bonds is 5. The highest BCUT2D eigenvalue weighted by Crippen LogP contribution is 2.27. The van der Waals surface area contributed by atoms with Crippen molar-refractivity contribution in [2.75, 3.05) is 31.6 Å². The molecule has 3 heterocycles. The van der Waals surface area contributed by atoms with Crippen molar-refractivity contribution in [2.45, 2.75) is 18.7 Å². The van der Waals surface area contributed by atoms with Crippen LogP contribution in [0.1, 0.15) is 24.4 Å². The summed E-state index contributed by atoms with van der Waals surface area (Å²) in [4.78, 5) is 16.6. The first-order valence-corrected chi connectivity index (χ1v) is 11.8. The molecule has 1 saturated heterocycles. The smallest absolute Gasteiger partial charge is 0.293 e. The van der Waals surface area contributed by atoms with Gasteiger partial charge in [-0.2, -0.15) is 4.31 Å². The van der Waals surface area contributed by atoms with Crippen molar-refractivity contribution >= 4 is 32.4 Å². The molecule has 1 aliphatic heterocycles. The summed E-state index contributed by atoms with van der Waals surface area (Å²) in [5.74, 6) is -0.174. The maximum atomic E-state index is 12.7. The number of carbonyl (C=O) groups excluding carboxylic acids is 1. The number of furan rings is 1. The normalized spacial score (nSPS) is 14.6. The van der Waals surface area contributed by atoms with Crippen LogP contribution in [0.15, 0.2) is 57.4 Å². The van der Waals surface area contributed by atoms with Crippen molar-refractivity contribution in [3.8, 4) is 11.3 Å². The quantitative estimate of drug-likeness (QED) is 0.637. The second kappa shape index (κ2) is 9.98. The van der Waals surface area contributed by atoms with E-state index in [1.807, 2.05) is 13.8 Å². The van der Waals surface area contributed by atoms with E-state index in [0.29, 0.717) is 37.1 Å². The molecule has 0 aliphatic carbocycles. The molecule has 160 valence electrons. The molecule has 10 heteroatoms. The Morgan fingerprint density at radius 2 is 1.83 bits per heavy atom. The molecule has 0 unspecified atom stereocenters. The highest BCUT2D eigenvalue weighted by atomic mass is 32.2. The molecule has 1 N–H and O–H groups in total. The first-order chi connectivity index (χ1) is 14.5. The van der Waals surface area contributed by atoms with Gasteiger partial charge in [0.2, 0.25) is 10.0 Å². The van der Waals surface area contributed by atoms with E-state index in [2.05, 4.69) is 10.3 Å². The molecule has 4 rings (SSSR count). The Hall–Kier alpha value is -2.53. The lowest BCUT2D eigenvalue weighted by Gasteiger charge is -2.26. The zero-order chi connectivity index (χ0) is 21.6. The minimum absolute atomic E-state index is 0.203. The van der Waals surface area contributed by atoms with Gasteiger partial charge in [-0.25, -0.2) is 13.4 Å².